The van der Waals surface area contributed by atoms with E-state index >= 15 is 0 Å². The van der Waals surface area contributed by atoms with Crippen LogP contribution < -0.4 is 0 Å². The lowest BCUT2D eigenvalue weighted by atomic mass is 10.7. The van der Waals surface area contributed by atoms with Crippen molar-refractivity contribution in [3.8, 4) is 12.3 Å². The highest BCUT2D eigenvalue weighted by atomic mass is 28.3. The second-order valence-corrected chi connectivity index (χ2v) is 7.98. The summed E-state index contributed by atoms with van der Waals surface area (Å²) in [6.07, 6.45) is 5.14. The monoisotopic (exact) mass is 124 g/mol. The maximum absolute atomic E-state index is 5.14. The van der Waals surface area contributed by atoms with Crippen LogP contribution in [0.1, 0.15) is 0 Å². The smallest absolute Gasteiger partial charge is 0.0876 e. The molecule has 0 saturated carbocycles. The summed E-state index contributed by atoms with van der Waals surface area (Å²) in [5, 5.41) is 0.998. The molecule has 8 heavy (non-hydrogen) atoms. The maximum Gasteiger partial charge on any atom is 0.0876 e. The predicted molar refractivity (Wildman–Crippen MR) is 41.3 cm³/mol. The minimum atomic E-state index is -1.19. The van der Waals surface area contributed by atoms with E-state index in [1.54, 1.807) is 0 Å². The fourth-order valence-corrected chi connectivity index (χ4v) is 0.650. The summed E-state index contributed by atoms with van der Waals surface area (Å²) in [7, 11) is -1.19. The molecule has 0 aliphatic heterocycles. The predicted octanol–water partition coefficient (Wildman–Crippen LogP) is 2.05. The Hall–Kier alpha value is -0.483. The van der Waals surface area contributed by atoms with Gasteiger partial charge < -0.3 is 0 Å². The molecule has 0 aromatic rings. The first-order valence-electron chi connectivity index (χ1n) is 2.64. The molecule has 0 saturated heterocycles. The highest BCUT2D eigenvalue weighted by molar-refractivity contribution is 6.83. The summed E-state index contributed by atoms with van der Waals surface area (Å²) in [6.45, 7) is 10.3. The second-order valence-electron chi connectivity index (χ2n) is 2.87. The molecule has 0 aromatic heterocycles. The first-order valence-corrected chi connectivity index (χ1v) is 6.14. The van der Waals surface area contributed by atoms with Gasteiger partial charge in [-0.3, -0.25) is 0 Å². The Morgan fingerprint density at radius 1 is 1.50 bits per heavy atom. The van der Waals surface area contributed by atoms with E-state index in [-0.39, 0.29) is 0 Å². The topological polar surface area (TPSA) is 0 Å². The van der Waals surface area contributed by atoms with Gasteiger partial charge >= 0.3 is 0 Å². The molecule has 0 atom stereocenters. The Kier molecular flexibility index (Phi) is 2.06. The van der Waals surface area contributed by atoms with Gasteiger partial charge in [0.15, 0.2) is 0 Å². The molecule has 0 bridgehead atoms. The van der Waals surface area contributed by atoms with Gasteiger partial charge in [0.25, 0.3) is 0 Å². The van der Waals surface area contributed by atoms with Crippen LogP contribution in [0, 0.1) is 12.3 Å². The third-order valence-corrected chi connectivity index (χ3v) is 3.03. The van der Waals surface area contributed by atoms with E-state index in [0.717, 1.165) is 5.20 Å². The molecule has 0 rings (SSSR count). The van der Waals surface area contributed by atoms with Crippen molar-refractivity contribution >= 4 is 8.07 Å². The Bertz CT molecular complexity index is 131. The van der Waals surface area contributed by atoms with Gasteiger partial charge in [-0.2, -0.15) is 0 Å². The van der Waals surface area contributed by atoms with E-state index in [9.17, 15) is 0 Å². The summed E-state index contributed by atoms with van der Waals surface area (Å²) in [6, 6.07) is 0. The van der Waals surface area contributed by atoms with Gasteiger partial charge in [-0.15, -0.1) is 6.42 Å². The molecule has 0 fully saturated rings. The van der Waals surface area contributed by atoms with Crippen LogP contribution in [0.25, 0.3) is 0 Å². The first kappa shape index (κ1) is 7.52. The Balaban J connectivity index is 4.09. The van der Waals surface area contributed by atoms with Crippen LogP contribution in [0.15, 0.2) is 11.8 Å². The Labute approximate surface area is 52.6 Å². The molecule has 0 amide bonds. The summed E-state index contributed by atoms with van der Waals surface area (Å²) < 4.78 is 0. The number of allylic oxidation sites excluding steroid dienone is 1. The average molecular weight is 124 g/mol. The van der Waals surface area contributed by atoms with Crippen molar-refractivity contribution < 1.29 is 0 Å². The van der Waals surface area contributed by atoms with Gasteiger partial charge in [0.1, 0.15) is 0 Å². The van der Waals surface area contributed by atoms with Gasteiger partial charge in [-0.05, 0) is 5.20 Å². The van der Waals surface area contributed by atoms with Gasteiger partial charge in [-0.1, -0.05) is 32.1 Å². The fourth-order valence-electron chi connectivity index (χ4n) is 0.217. The molecule has 44 valence electrons. The molecule has 0 unspecified atom stereocenters. The zero-order chi connectivity index (χ0) is 6.78. The molecule has 0 radical (unpaired) electrons. The molecule has 0 aliphatic carbocycles. The Morgan fingerprint density at radius 2 is 1.88 bits per heavy atom. The largest absolute Gasteiger partial charge is 0.115 e. The minimum Gasteiger partial charge on any atom is -0.115 e. The number of rotatable bonds is 1. The average Bonchev–Trinajstić information content (AvgIpc) is 1.62. The zero-order valence-corrected chi connectivity index (χ0v) is 6.78. The normalized spacial score (nSPS) is 10.2. The maximum atomic E-state index is 5.14. The van der Waals surface area contributed by atoms with Crippen molar-refractivity contribution in [1.29, 1.82) is 0 Å². The summed E-state index contributed by atoms with van der Waals surface area (Å²) in [5.41, 5.74) is 0. The van der Waals surface area contributed by atoms with E-state index in [1.807, 2.05) is 0 Å². The van der Waals surface area contributed by atoms with Crippen molar-refractivity contribution in [1.82, 2.24) is 0 Å². The van der Waals surface area contributed by atoms with Gasteiger partial charge in [0, 0.05) is 0 Å². The number of hydrogen-bond donors (Lipinski definition) is 0. The van der Waals surface area contributed by atoms with Crippen molar-refractivity contribution in [3.05, 3.63) is 11.8 Å². The molecule has 0 aliphatic rings. The lowest BCUT2D eigenvalue weighted by Crippen LogP contribution is -2.21. The van der Waals surface area contributed by atoms with Crippen LogP contribution in [0.2, 0.25) is 19.6 Å². The molecular weight excluding hydrogens is 112 g/mol. The molecule has 0 spiro atoms. The van der Waals surface area contributed by atoms with Crippen molar-refractivity contribution in [2.45, 2.75) is 19.6 Å². The third kappa shape index (κ3) is 1.99. The van der Waals surface area contributed by atoms with Crippen molar-refractivity contribution in [2.24, 2.45) is 0 Å². The molecule has 0 N–H and O–H groups in total. The van der Waals surface area contributed by atoms with Crippen molar-refractivity contribution in [3.63, 3.8) is 0 Å². The molecule has 1 heteroatoms. The highest BCUT2D eigenvalue weighted by Crippen LogP contribution is 2.09. The summed E-state index contributed by atoms with van der Waals surface area (Å²) >= 11 is 0. The van der Waals surface area contributed by atoms with E-state index in [4.69, 9.17) is 6.42 Å². The summed E-state index contributed by atoms with van der Waals surface area (Å²) in [5.74, 6) is 2.57. The molecule has 0 heterocycles. The van der Waals surface area contributed by atoms with Gasteiger partial charge in [0.2, 0.25) is 0 Å². The minimum absolute atomic E-state index is 0.998. The second kappa shape index (κ2) is 2.19. The third-order valence-electron chi connectivity index (χ3n) is 1.08. The fraction of sp³-hybridized carbons (Fsp3) is 0.429. The van der Waals surface area contributed by atoms with E-state index in [2.05, 4.69) is 32.1 Å². The summed E-state index contributed by atoms with van der Waals surface area (Å²) in [4.78, 5) is 0. The quantitative estimate of drug-likeness (QED) is 0.371. The van der Waals surface area contributed by atoms with E-state index in [0.29, 0.717) is 0 Å². The van der Waals surface area contributed by atoms with Gasteiger partial charge in [0.05, 0.1) is 8.07 Å². The lowest BCUT2D eigenvalue weighted by molar-refractivity contribution is 1.72. The lowest BCUT2D eigenvalue weighted by Gasteiger charge is -2.12. The highest BCUT2D eigenvalue weighted by Gasteiger charge is 2.14. The van der Waals surface area contributed by atoms with Crippen molar-refractivity contribution in [2.75, 3.05) is 0 Å². The van der Waals surface area contributed by atoms with E-state index < -0.39 is 8.07 Å². The zero-order valence-electron chi connectivity index (χ0n) is 5.78. The first-order chi connectivity index (χ1) is 3.48. The van der Waals surface area contributed by atoms with Crippen LogP contribution >= 0.6 is 0 Å². The number of hydrogen-bond acceptors (Lipinski definition) is 0. The van der Waals surface area contributed by atoms with Gasteiger partial charge in [-0.25, -0.2) is 0 Å². The molecule has 0 nitrogen and oxygen atoms in total. The Morgan fingerprint density at radius 3 is 1.88 bits per heavy atom. The van der Waals surface area contributed by atoms with Crippen LogP contribution in [-0.2, 0) is 0 Å². The number of terminal acetylenes is 1. The SMILES string of the molecule is C#CC(=C)[Si](C)(C)C. The molecule has 0 aromatic carbocycles. The van der Waals surface area contributed by atoms with Crippen LogP contribution in [0.4, 0.5) is 0 Å². The van der Waals surface area contributed by atoms with E-state index in [1.165, 1.54) is 0 Å². The van der Waals surface area contributed by atoms with Crippen LogP contribution in [-0.4, -0.2) is 8.07 Å². The van der Waals surface area contributed by atoms with Crippen LogP contribution in [0.3, 0.4) is 0 Å². The standard InChI is InChI=1S/C7H12Si/c1-6-7(2)8(3,4)5/h1H,2H2,3-5H3. The molecular formula is C7H12Si. The van der Waals surface area contributed by atoms with Crippen LogP contribution in [0.5, 0.6) is 0 Å².